The van der Waals surface area contributed by atoms with Crippen LogP contribution in [0.25, 0.3) is 21.5 Å². The number of fused-ring (bicyclic) bond motifs is 1. The Bertz CT molecular complexity index is 1040. The SMILES string of the molecule is Nc1c(C(=O)O)sc2nc(-c3ccc([N+](=O)[O-])cc3)cc(C(F)(F)F)c12. The summed E-state index contributed by atoms with van der Waals surface area (Å²) in [5, 5.41) is 19.3. The zero-order valence-corrected chi connectivity index (χ0v) is 13.4. The molecule has 3 rings (SSSR count). The Morgan fingerprint density at radius 1 is 1.27 bits per heavy atom. The molecule has 0 aliphatic rings. The number of nitrogens with two attached hydrogens (primary N) is 1. The molecule has 7 nitrogen and oxygen atoms in total. The Labute approximate surface area is 146 Å². The van der Waals surface area contributed by atoms with E-state index in [1.54, 1.807) is 0 Å². The standard InChI is InChI=1S/C15H8F3N3O4S/c16-15(17,18)8-5-9(6-1-3-7(4-2-6)21(24)25)20-13-10(8)11(19)12(26-13)14(22)23/h1-5H,19H2,(H,22,23). The number of carboxylic acids is 1. The van der Waals surface area contributed by atoms with Crippen LogP contribution in [0.4, 0.5) is 24.5 Å². The summed E-state index contributed by atoms with van der Waals surface area (Å²) in [6.07, 6.45) is -4.79. The van der Waals surface area contributed by atoms with E-state index >= 15 is 0 Å². The predicted molar refractivity (Wildman–Crippen MR) is 88.1 cm³/mol. The van der Waals surface area contributed by atoms with Gasteiger partial charge < -0.3 is 10.8 Å². The average Bonchev–Trinajstić information content (AvgIpc) is 2.90. The average molecular weight is 383 g/mol. The number of non-ortho nitro benzene ring substituents is 1. The van der Waals surface area contributed by atoms with E-state index in [1.807, 2.05) is 0 Å². The molecule has 0 unspecified atom stereocenters. The lowest BCUT2D eigenvalue weighted by Gasteiger charge is -2.11. The molecule has 0 bridgehead atoms. The number of alkyl halides is 3. The quantitative estimate of drug-likeness (QED) is 0.517. The topological polar surface area (TPSA) is 119 Å². The van der Waals surface area contributed by atoms with Gasteiger partial charge in [-0.25, -0.2) is 9.78 Å². The van der Waals surface area contributed by atoms with Crippen molar-refractivity contribution >= 4 is 38.9 Å². The molecule has 3 aromatic rings. The summed E-state index contributed by atoms with van der Waals surface area (Å²) in [6.45, 7) is 0. The third-order valence-electron chi connectivity index (χ3n) is 3.57. The monoisotopic (exact) mass is 383 g/mol. The number of hydrogen-bond donors (Lipinski definition) is 2. The molecule has 0 amide bonds. The number of benzene rings is 1. The van der Waals surface area contributed by atoms with E-state index in [9.17, 15) is 28.1 Å². The van der Waals surface area contributed by atoms with Crippen molar-refractivity contribution in [3.8, 4) is 11.3 Å². The second-order valence-corrected chi connectivity index (χ2v) is 6.19. The van der Waals surface area contributed by atoms with E-state index in [-0.39, 0.29) is 21.8 Å². The lowest BCUT2D eigenvalue weighted by Crippen LogP contribution is -2.08. The number of halogens is 3. The molecule has 0 fully saturated rings. The normalized spacial score (nSPS) is 11.7. The van der Waals surface area contributed by atoms with Crippen molar-refractivity contribution in [3.63, 3.8) is 0 Å². The molecule has 0 saturated heterocycles. The molecule has 1 aromatic carbocycles. The fraction of sp³-hybridized carbons (Fsp3) is 0.0667. The number of nitro benzene ring substituents is 1. The summed E-state index contributed by atoms with van der Waals surface area (Å²) in [5.41, 5.74) is 3.88. The van der Waals surface area contributed by atoms with Crippen LogP contribution in [-0.4, -0.2) is 21.0 Å². The molecule has 134 valence electrons. The van der Waals surface area contributed by atoms with Crippen molar-refractivity contribution in [1.29, 1.82) is 0 Å². The smallest absolute Gasteiger partial charge is 0.417 e. The summed E-state index contributed by atoms with van der Waals surface area (Å²) in [4.78, 5) is 24.7. The summed E-state index contributed by atoms with van der Waals surface area (Å²) >= 11 is 0.535. The highest BCUT2D eigenvalue weighted by atomic mass is 32.1. The van der Waals surface area contributed by atoms with Crippen LogP contribution in [0.15, 0.2) is 30.3 Å². The molecule has 11 heteroatoms. The van der Waals surface area contributed by atoms with E-state index in [0.717, 1.165) is 18.2 Å². The van der Waals surface area contributed by atoms with Crippen molar-refractivity contribution < 1.29 is 28.0 Å². The Morgan fingerprint density at radius 2 is 1.88 bits per heavy atom. The lowest BCUT2D eigenvalue weighted by molar-refractivity contribution is -0.384. The third kappa shape index (κ3) is 2.92. The Balaban J connectivity index is 2.28. The molecule has 0 aliphatic heterocycles. The van der Waals surface area contributed by atoms with Crippen LogP contribution in [0.1, 0.15) is 15.2 Å². The first-order valence-corrected chi connectivity index (χ1v) is 7.69. The largest absolute Gasteiger partial charge is 0.477 e. The molecule has 3 N–H and O–H groups in total. The number of thiophene rings is 1. The Hall–Kier alpha value is -3.21. The van der Waals surface area contributed by atoms with Crippen LogP contribution in [0.5, 0.6) is 0 Å². The highest BCUT2D eigenvalue weighted by molar-refractivity contribution is 7.21. The van der Waals surface area contributed by atoms with Gasteiger partial charge in [-0.2, -0.15) is 13.2 Å². The van der Waals surface area contributed by atoms with Gasteiger partial charge in [-0.05, 0) is 18.2 Å². The summed E-state index contributed by atoms with van der Waals surface area (Å²) in [5.74, 6) is -1.45. The summed E-state index contributed by atoms with van der Waals surface area (Å²) < 4.78 is 40.4. The molecular weight excluding hydrogens is 375 g/mol. The molecule has 0 saturated carbocycles. The number of aromatic carboxylic acids is 1. The van der Waals surface area contributed by atoms with Crippen LogP contribution in [0.3, 0.4) is 0 Å². The lowest BCUT2D eigenvalue weighted by atomic mass is 10.1. The first-order chi connectivity index (χ1) is 12.1. The van der Waals surface area contributed by atoms with E-state index in [1.165, 1.54) is 12.1 Å². The number of carboxylic acid groups (broad SMARTS) is 1. The van der Waals surface area contributed by atoms with Gasteiger partial charge in [-0.1, -0.05) is 0 Å². The van der Waals surface area contributed by atoms with Gasteiger partial charge in [0, 0.05) is 23.1 Å². The first-order valence-electron chi connectivity index (χ1n) is 6.88. The number of nitrogens with zero attached hydrogens (tertiary/aromatic N) is 2. The second kappa shape index (κ2) is 5.95. The van der Waals surface area contributed by atoms with Gasteiger partial charge >= 0.3 is 12.1 Å². The fourth-order valence-corrected chi connectivity index (χ4v) is 3.36. The number of rotatable bonds is 3. The van der Waals surface area contributed by atoms with Crippen molar-refractivity contribution in [2.24, 2.45) is 0 Å². The zero-order valence-electron chi connectivity index (χ0n) is 12.6. The van der Waals surface area contributed by atoms with Crippen LogP contribution in [0, 0.1) is 10.1 Å². The van der Waals surface area contributed by atoms with Crippen molar-refractivity contribution in [2.75, 3.05) is 5.73 Å². The number of pyridine rings is 1. The minimum absolute atomic E-state index is 0.0992. The number of hydrogen-bond acceptors (Lipinski definition) is 6. The van der Waals surface area contributed by atoms with E-state index in [4.69, 9.17) is 10.8 Å². The van der Waals surface area contributed by atoms with Gasteiger partial charge in [0.15, 0.2) is 0 Å². The van der Waals surface area contributed by atoms with Crippen molar-refractivity contribution in [2.45, 2.75) is 6.18 Å². The summed E-state index contributed by atoms with van der Waals surface area (Å²) in [6, 6.07) is 5.56. The maximum absolute atomic E-state index is 13.5. The maximum Gasteiger partial charge on any atom is 0.417 e. The van der Waals surface area contributed by atoms with Gasteiger partial charge in [0.05, 0.1) is 21.9 Å². The van der Waals surface area contributed by atoms with E-state index in [0.29, 0.717) is 11.3 Å². The highest BCUT2D eigenvalue weighted by Crippen LogP contribution is 2.43. The van der Waals surface area contributed by atoms with Gasteiger partial charge in [0.2, 0.25) is 0 Å². The van der Waals surface area contributed by atoms with Gasteiger partial charge in [-0.15, -0.1) is 11.3 Å². The molecule has 0 atom stereocenters. The van der Waals surface area contributed by atoms with Gasteiger partial charge in [-0.3, -0.25) is 10.1 Å². The number of anilines is 1. The van der Waals surface area contributed by atoms with Crippen molar-refractivity contribution in [3.05, 3.63) is 50.9 Å². The minimum Gasteiger partial charge on any atom is -0.477 e. The number of nitro groups is 1. The molecule has 0 spiro atoms. The van der Waals surface area contributed by atoms with Crippen LogP contribution < -0.4 is 5.73 Å². The zero-order chi connectivity index (χ0) is 19.2. The molecule has 26 heavy (non-hydrogen) atoms. The van der Waals surface area contributed by atoms with E-state index < -0.39 is 38.6 Å². The minimum atomic E-state index is -4.79. The number of nitrogen functional groups attached to an aromatic ring is 1. The second-order valence-electron chi connectivity index (χ2n) is 5.19. The van der Waals surface area contributed by atoms with Gasteiger partial charge in [0.1, 0.15) is 9.71 Å². The van der Waals surface area contributed by atoms with Crippen LogP contribution >= 0.6 is 11.3 Å². The third-order valence-corrected chi connectivity index (χ3v) is 4.66. The molecule has 0 radical (unpaired) electrons. The van der Waals surface area contributed by atoms with Gasteiger partial charge in [0.25, 0.3) is 5.69 Å². The predicted octanol–water partition coefficient (Wildman–Crippen LogP) is 4.17. The Morgan fingerprint density at radius 3 is 2.38 bits per heavy atom. The molecule has 2 heterocycles. The van der Waals surface area contributed by atoms with Crippen LogP contribution in [-0.2, 0) is 6.18 Å². The first kappa shape index (κ1) is 17.6. The molecule has 0 aliphatic carbocycles. The molecular formula is C15H8F3N3O4S. The fourth-order valence-electron chi connectivity index (χ4n) is 2.41. The Kier molecular flexibility index (Phi) is 4.03. The number of aromatic nitrogens is 1. The highest BCUT2D eigenvalue weighted by Gasteiger charge is 2.36. The number of carbonyl (C=O) groups is 1. The van der Waals surface area contributed by atoms with E-state index in [2.05, 4.69) is 4.98 Å². The maximum atomic E-state index is 13.5. The summed E-state index contributed by atoms with van der Waals surface area (Å²) in [7, 11) is 0. The molecule has 2 aromatic heterocycles. The van der Waals surface area contributed by atoms with Crippen LogP contribution in [0.2, 0.25) is 0 Å². The van der Waals surface area contributed by atoms with Crippen molar-refractivity contribution in [1.82, 2.24) is 4.98 Å².